The third-order valence-electron chi connectivity index (χ3n) is 3.04. The van der Waals surface area contributed by atoms with Gasteiger partial charge in [0.2, 0.25) is 9.84 Å². The van der Waals surface area contributed by atoms with Gasteiger partial charge in [-0.3, -0.25) is 0 Å². The molecule has 0 saturated heterocycles. The molecule has 0 amide bonds. The Morgan fingerprint density at radius 2 is 1.95 bits per heavy atom. The van der Waals surface area contributed by atoms with Gasteiger partial charge in [-0.15, -0.1) is 0 Å². The summed E-state index contributed by atoms with van der Waals surface area (Å²) >= 11 is 0. The molecule has 0 saturated carbocycles. The number of sulfone groups is 2. The average Bonchev–Trinajstić information content (AvgIpc) is 2.61. The molecule has 8 heteroatoms. The summed E-state index contributed by atoms with van der Waals surface area (Å²) in [6, 6.07) is 3.88. The summed E-state index contributed by atoms with van der Waals surface area (Å²) in [7, 11) is -7.45. The van der Waals surface area contributed by atoms with Crippen LogP contribution in [0.2, 0.25) is 0 Å². The molecule has 0 atom stereocenters. The van der Waals surface area contributed by atoms with Crippen LogP contribution in [0.5, 0.6) is 0 Å². The predicted octanol–water partition coefficient (Wildman–Crippen LogP) is 0.948. The first-order valence-corrected chi connectivity index (χ1v) is 9.02. The van der Waals surface area contributed by atoms with E-state index in [9.17, 15) is 21.6 Å². The van der Waals surface area contributed by atoms with Crippen LogP contribution in [0, 0.1) is 0 Å². The van der Waals surface area contributed by atoms with Crippen LogP contribution in [0.15, 0.2) is 28.0 Å². The number of rotatable bonds is 4. The molecule has 20 heavy (non-hydrogen) atoms. The number of hydrogen-bond donors (Lipinski definition) is 1. The van der Waals surface area contributed by atoms with Crippen molar-refractivity contribution < 1.29 is 26.7 Å². The van der Waals surface area contributed by atoms with Crippen LogP contribution >= 0.6 is 0 Å². The monoisotopic (exact) mass is 316 g/mol. The molecular weight excluding hydrogens is 304 g/mol. The van der Waals surface area contributed by atoms with Crippen LogP contribution in [0.25, 0.3) is 6.08 Å². The van der Waals surface area contributed by atoms with Crippen molar-refractivity contribution in [3.63, 3.8) is 0 Å². The molecule has 0 aromatic heterocycles. The first kappa shape index (κ1) is 14.7. The summed E-state index contributed by atoms with van der Waals surface area (Å²) in [6.45, 7) is 1.42. The number of hydrogen-bond acceptors (Lipinski definition) is 5. The highest BCUT2D eigenvalue weighted by Crippen LogP contribution is 2.35. The van der Waals surface area contributed by atoms with Crippen molar-refractivity contribution >= 4 is 31.7 Å². The Labute approximate surface area is 116 Å². The van der Waals surface area contributed by atoms with Crippen molar-refractivity contribution in [3.8, 4) is 0 Å². The van der Waals surface area contributed by atoms with E-state index in [1.165, 1.54) is 25.1 Å². The van der Waals surface area contributed by atoms with E-state index in [4.69, 9.17) is 5.11 Å². The number of aromatic carboxylic acids is 1. The SMILES string of the molecule is CCS(=O)(=O)CC1=Cc2c(C(=O)O)cccc2S1(=O)=O. The number of carboxylic acids is 1. The molecule has 1 heterocycles. The lowest BCUT2D eigenvalue weighted by Crippen LogP contribution is -2.14. The fourth-order valence-corrected chi connectivity index (χ4v) is 5.08. The van der Waals surface area contributed by atoms with Crippen molar-refractivity contribution in [2.45, 2.75) is 11.8 Å². The normalized spacial score (nSPS) is 16.6. The van der Waals surface area contributed by atoms with Crippen molar-refractivity contribution in [1.29, 1.82) is 0 Å². The topological polar surface area (TPSA) is 106 Å². The van der Waals surface area contributed by atoms with Crippen molar-refractivity contribution in [3.05, 3.63) is 34.2 Å². The summed E-state index contributed by atoms with van der Waals surface area (Å²) in [6.07, 6.45) is 1.14. The van der Waals surface area contributed by atoms with E-state index in [-0.39, 0.29) is 26.7 Å². The van der Waals surface area contributed by atoms with E-state index in [1.54, 1.807) is 0 Å². The third-order valence-corrected chi connectivity index (χ3v) is 6.74. The molecule has 2 rings (SSSR count). The standard InChI is InChI=1S/C12H12O6S2/c1-2-19(15,16)7-8-6-10-9(12(13)14)4-3-5-11(10)20(8,17)18/h3-6H,2,7H2,1H3,(H,13,14). The van der Waals surface area contributed by atoms with Gasteiger partial charge in [0.15, 0.2) is 9.84 Å². The van der Waals surface area contributed by atoms with Gasteiger partial charge in [-0.2, -0.15) is 0 Å². The minimum Gasteiger partial charge on any atom is -0.478 e. The van der Waals surface area contributed by atoms with Gasteiger partial charge in [0.25, 0.3) is 0 Å². The first-order chi connectivity index (χ1) is 9.19. The summed E-state index contributed by atoms with van der Waals surface area (Å²) in [4.78, 5) is 10.6. The Morgan fingerprint density at radius 1 is 1.30 bits per heavy atom. The molecule has 1 aliphatic heterocycles. The highest BCUT2D eigenvalue weighted by molar-refractivity contribution is 7.98. The Hall–Kier alpha value is -1.67. The highest BCUT2D eigenvalue weighted by Gasteiger charge is 2.34. The lowest BCUT2D eigenvalue weighted by molar-refractivity contribution is 0.0696. The molecule has 0 radical (unpaired) electrons. The molecule has 0 unspecified atom stereocenters. The van der Waals surface area contributed by atoms with Gasteiger partial charge in [0.1, 0.15) is 0 Å². The minimum atomic E-state index is -3.93. The lowest BCUT2D eigenvalue weighted by atomic mass is 10.1. The van der Waals surface area contributed by atoms with E-state index in [2.05, 4.69) is 0 Å². The Balaban J connectivity index is 2.63. The van der Waals surface area contributed by atoms with Gasteiger partial charge in [-0.1, -0.05) is 13.0 Å². The average molecular weight is 316 g/mol. The maximum absolute atomic E-state index is 12.2. The van der Waals surface area contributed by atoms with E-state index in [1.807, 2.05) is 0 Å². The summed E-state index contributed by atoms with van der Waals surface area (Å²) < 4.78 is 47.6. The van der Waals surface area contributed by atoms with Gasteiger partial charge in [-0.25, -0.2) is 21.6 Å². The van der Waals surface area contributed by atoms with Gasteiger partial charge < -0.3 is 5.11 Å². The smallest absolute Gasteiger partial charge is 0.336 e. The van der Waals surface area contributed by atoms with Crippen molar-refractivity contribution in [2.24, 2.45) is 0 Å². The number of carbonyl (C=O) groups is 1. The van der Waals surface area contributed by atoms with Crippen LogP contribution in [-0.2, 0) is 19.7 Å². The quantitative estimate of drug-likeness (QED) is 0.886. The number of benzene rings is 1. The molecular formula is C12H12O6S2. The largest absolute Gasteiger partial charge is 0.478 e. The fraction of sp³-hybridized carbons (Fsp3) is 0.250. The van der Waals surface area contributed by atoms with Crippen molar-refractivity contribution in [2.75, 3.05) is 11.5 Å². The zero-order chi connectivity index (χ0) is 15.1. The second-order valence-electron chi connectivity index (χ2n) is 4.31. The highest BCUT2D eigenvalue weighted by atomic mass is 32.2. The van der Waals surface area contributed by atoms with E-state index in [0.717, 1.165) is 6.08 Å². The fourth-order valence-electron chi connectivity index (χ4n) is 1.93. The molecule has 108 valence electrons. The zero-order valence-electron chi connectivity index (χ0n) is 10.5. The van der Waals surface area contributed by atoms with Crippen LogP contribution in [0.1, 0.15) is 22.8 Å². The van der Waals surface area contributed by atoms with Gasteiger partial charge in [0, 0.05) is 11.3 Å². The molecule has 0 spiro atoms. The van der Waals surface area contributed by atoms with Gasteiger partial charge in [-0.05, 0) is 18.2 Å². The number of fused-ring (bicyclic) bond motifs is 1. The van der Waals surface area contributed by atoms with E-state index < -0.39 is 31.4 Å². The first-order valence-electron chi connectivity index (χ1n) is 5.71. The minimum absolute atomic E-state index is 0.0429. The molecule has 1 aliphatic rings. The summed E-state index contributed by atoms with van der Waals surface area (Å²) in [5.74, 6) is -2.05. The summed E-state index contributed by atoms with van der Waals surface area (Å²) in [5, 5.41) is 9.04. The number of carboxylic acid groups (broad SMARTS) is 1. The molecule has 6 nitrogen and oxygen atoms in total. The van der Waals surface area contributed by atoms with Crippen LogP contribution < -0.4 is 0 Å². The Morgan fingerprint density at radius 3 is 2.50 bits per heavy atom. The van der Waals surface area contributed by atoms with Crippen LogP contribution in [-0.4, -0.2) is 39.4 Å². The maximum Gasteiger partial charge on any atom is 0.336 e. The Kier molecular flexibility index (Phi) is 3.47. The van der Waals surface area contributed by atoms with E-state index >= 15 is 0 Å². The van der Waals surface area contributed by atoms with E-state index in [0.29, 0.717) is 0 Å². The lowest BCUT2D eigenvalue weighted by Gasteiger charge is -2.04. The zero-order valence-corrected chi connectivity index (χ0v) is 12.2. The molecule has 0 fully saturated rings. The van der Waals surface area contributed by atoms with Crippen molar-refractivity contribution in [1.82, 2.24) is 0 Å². The summed E-state index contributed by atoms with van der Waals surface area (Å²) in [5.41, 5.74) is -0.115. The molecule has 0 aliphatic carbocycles. The second kappa shape index (κ2) is 4.71. The molecule has 1 aromatic carbocycles. The van der Waals surface area contributed by atoms with Crippen LogP contribution in [0.3, 0.4) is 0 Å². The second-order valence-corrected chi connectivity index (χ2v) is 8.64. The molecule has 0 bridgehead atoms. The molecule has 1 N–H and O–H groups in total. The Bertz CT molecular complexity index is 816. The van der Waals surface area contributed by atoms with Crippen LogP contribution in [0.4, 0.5) is 0 Å². The maximum atomic E-state index is 12.2. The van der Waals surface area contributed by atoms with Gasteiger partial charge >= 0.3 is 5.97 Å². The third kappa shape index (κ3) is 2.36. The molecule has 1 aromatic rings. The predicted molar refractivity (Wildman–Crippen MR) is 72.9 cm³/mol. The van der Waals surface area contributed by atoms with Gasteiger partial charge in [0.05, 0.1) is 21.1 Å².